The molecule has 0 aromatic heterocycles. The molecule has 6 heteroatoms. The van der Waals surface area contributed by atoms with Gasteiger partial charge in [0.15, 0.2) is 0 Å². The Kier molecular flexibility index (Phi) is 7.10. The van der Waals surface area contributed by atoms with Crippen LogP contribution in [-0.4, -0.2) is 13.2 Å². The summed E-state index contributed by atoms with van der Waals surface area (Å²) in [7, 11) is -3.01. The maximum atomic E-state index is 12.5. The molecule has 1 aromatic rings. The highest BCUT2D eigenvalue weighted by atomic mass is 127. The minimum atomic E-state index is -3.01. The summed E-state index contributed by atoms with van der Waals surface area (Å²) in [5.41, 5.74) is 2.25. The molecule has 0 unspecified atom stereocenters. The molecule has 0 atom stereocenters. The summed E-state index contributed by atoms with van der Waals surface area (Å²) >= 11 is 4.55. The Morgan fingerprint density at radius 2 is 1.67 bits per heavy atom. The maximum absolute atomic E-state index is 12.5. The Morgan fingerprint density at radius 1 is 1.11 bits per heavy atom. The van der Waals surface area contributed by atoms with Crippen molar-refractivity contribution in [2.24, 2.45) is 0 Å². The molecule has 0 radical (unpaired) electrons. The Balaban J connectivity index is 3.01. The van der Waals surface area contributed by atoms with Crippen molar-refractivity contribution in [2.75, 3.05) is 13.2 Å². The molecular formula is C12H17I2O3P. The number of halogens is 2. The molecule has 1 rings (SSSR count). The average molecular weight is 494 g/mol. The molecule has 1 aromatic carbocycles. The van der Waals surface area contributed by atoms with Crippen molar-refractivity contribution in [2.45, 2.75) is 26.9 Å². The van der Waals surface area contributed by atoms with Crippen molar-refractivity contribution in [3.8, 4) is 0 Å². The molecule has 0 aliphatic carbocycles. The van der Waals surface area contributed by atoms with Crippen LogP contribution in [0.25, 0.3) is 0 Å². The molecular weight excluding hydrogens is 477 g/mol. The van der Waals surface area contributed by atoms with Crippen LogP contribution in [0, 0.1) is 14.1 Å². The molecule has 0 heterocycles. The largest absolute Gasteiger partial charge is 0.335 e. The highest BCUT2D eigenvalue weighted by molar-refractivity contribution is 14.1. The molecule has 0 bridgehead atoms. The Hall–Kier alpha value is 0.830. The first-order valence-corrected chi connectivity index (χ1v) is 9.63. The third kappa shape index (κ3) is 4.74. The zero-order valence-corrected chi connectivity index (χ0v) is 15.9. The van der Waals surface area contributed by atoms with Crippen LogP contribution in [0.3, 0.4) is 0 Å². The summed E-state index contributed by atoms with van der Waals surface area (Å²) in [4.78, 5) is 0. The molecule has 102 valence electrons. The van der Waals surface area contributed by atoms with Gasteiger partial charge in [0.1, 0.15) is 0 Å². The van der Waals surface area contributed by atoms with E-state index in [9.17, 15) is 4.57 Å². The van der Waals surface area contributed by atoms with Crippen molar-refractivity contribution in [3.05, 3.63) is 30.4 Å². The van der Waals surface area contributed by atoms with Crippen LogP contribution in [0.2, 0.25) is 0 Å². The molecule has 0 saturated carbocycles. The predicted molar refractivity (Wildman–Crippen MR) is 91.2 cm³/mol. The average Bonchev–Trinajstić information content (AvgIpc) is 2.26. The second-order valence-electron chi connectivity index (χ2n) is 3.80. The maximum Gasteiger partial charge on any atom is 0.335 e. The molecule has 0 saturated heterocycles. The van der Waals surface area contributed by atoms with Crippen molar-refractivity contribution in [3.63, 3.8) is 0 Å². The fourth-order valence-electron chi connectivity index (χ4n) is 1.54. The van der Waals surface area contributed by atoms with Gasteiger partial charge in [-0.1, -0.05) is 0 Å². The standard InChI is InChI=1S/C12H17I2O3P/c1-4-16-18(15,17-5-2)8-10-7-11(13)9(3)6-12(10)14/h6-7H,4-5,8H2,1-3H3. The summed E-state index contributed by atoms with van der Waals surface area (Å²) in [6.45, 7) is 6.52. The number of aryl methyl sites for hydroxylation is 1. The quantitative estimate of drug-likeness (QED) is 0.414. The first-order valence-electron chi connectivity index (χ1n) is 5.74. The van der Waals surface area contributed by atoms with Gasteiger partial charge in [0.25, 0.3) is 0 Å². The van der Waals surface area contributed by atoms with Gasteiger partial charge in [-0.3, -0.25) is 4.57 Å². The zero-order valence-electron chi connectivity index (χ0n) is 10.7. The third-order valence-electron chi connectivity index (χ3n) is 2.34. The highest BCUT2D eigenvalue weighted by Gasteiger charge is 2.25. The number of benzene rings is 1. The van der Waals surface area contributed by atoms with Crippen LogP contribution >= 0.6 is 52.8 Å². The molecule has 3 nitrogen and oxygen atoms in total. The monoisotopic (exact) mass is 494 g/mol. The summed E-state index contributed by atoms with van der Waals surface area (Å²) in [6.07, 6.45) is 0.337. The first-order chi connectivity index (χ1) is 8.41. The van der Waals surface area contributed by atoms with E-state index in [2.05, 4.69) is 64.2 Å². The van der Waals surface area contributed by atoms with Crippen LogP contribution in [0.4, 0.5) is 0 Å². The lowest BCUT2D eigenvalue weighted by molar-refractivity contribution is 0.219. The van der Waals surface area contributed by atoms with Crippen molar-refractivity contribution >= 4 is 52.8 Å². The van der Waals surface area contributed by atoms with Crippen molar-refractivity contribution in [1.29, 1.82) is 0 Å². The Morgan fingerprint density at radius 3 is 2.17 bits per heavy atom. The van der Waals surface area contributed by atoms with Gasteiger partial charge in [-0.05, 0) is 89.2 Å². The molecule has 0 fully saturated rings. The second kappa shape index (κ2) is 7.57. The fourth-order valence-corrected chi connectivity index (χ4v) is 4.91. The van der Waals surface area contributed by atoms with E-state index in [0.717, 1.165) is 9.13 Å². The lowest BCUT2D eigenvalue weighted by atomic mass is 10.2. The zero-order chi connectivity index (χ0) is 13.8. The second-order valence-corrected chi connectivity index (χ2v) is 8.18. The fraction of sp³-hybridized carbons (Fsp3) is 0.500. The van der Waals surface area contributed by atoms with E-state index in [4.69, 9.17) is 9.05 Å². The molecule has 0 aliphatic heterocycles. The Bertz CT molecular complexity index is 453. The molecule has 18 heavy (non-hydrogen) atoms. The van der Waals surface area contributed by atoms with Crippen molar-refractivity contribution < 1.29 is 13.6 Å². The van der Waals surface area contributed by atoms with Gasteiger partial charge < -0.3 is 9.05 Å². The molecule has 0 spiro atoms. The number of rotatable bonds is 6. The lowest BCUT2D eigenvalue weighted by Crippen LogP contribution is -2.01. The van der Waals surface area contributed by atoms with E-state index >= 15 is 0 Å². The topological polar surface area (TPSA) is 35.5 Å². The summed E-state index contributed by atoms with van der Waals surface area (Å²) in [5, 5.41) is 0. The van der Waals surface area contributed by atoms with Crippen LogP contribution in [-0.2, 0) is 19.8 Å². The van der Waals surface area contributed by atoms with Crippen LogP contribution in [0.1, 0.15) is 25.0 Å². The Labute approximate surface area is 136 Å². The summed E-state index contributed by atoms with van der Waals surface area (Å²) in [5.74, 6) is 0. The smallest absolute Gasteiger partial charge is 0.309 e. The van der Waals surface area contributed by atoms with Gasteiger partial charge in [0, 0.05) is 7.14 Å². The van der Waals surface area contributed by atoms with Crippen molar-refractivity contribution in [1.82, 2.24) is 0 Å². The summed E-state index contributed by atoms with van der Waals surface area (Å²) < 4.78 is 25.4. The van der Waals surface area contributed by atoms with Crippen LogP contribution < -0.4 is 0 Å². The van der Waals surface area contributed by atoms with Gasteiger partial charge in [-0.25, -0.2) is 0 Å². The predicted octanol–water partition coefficient (Wildman–Crippen LogP) is 4.97. The van der Waals surface area contributed by atoms with Gasteiger partial charge >= 0.3 is 7.60 Å². The van der Waals surface area contributed by atoms with Crippen LogP contribution in [0.5, 0.6) is 0 Å². The third-order valence-corrected chi connectivity index (χ3v) is 6.54. The van der Waals surface area contributed by atoms with Gasteiger partial charge in [-0.2, -0.15) is 0 Å². The lowest BCUT2D eigenvalue weighted by Gasteiger charge is -2.18. The van der Waals surface area contributed by atoms with Gasteiger partial charge in [0.05, 0.1) is 19.4 Å². The SMILES string of the molecule is CCOP(=O)(Cc1cc(I)c(C)cc1I)OCC. The van der Waals surface area contributed by atoms with E-state index in [-0.39, 0.29) is 0 Å². The minimum absolute atomic E-state index is 0.337. The van der Waals surface area contributed by atoms with Gasteiger partial charge in [0.2, 0.25) is 0 Å². The van der Waals surface area contributed by atoms with E-state index in [0.29, 0.717) is 19.4 Å². The van der Waals surface area contributed by atoms with E-state index < -0.39 is 7.60 Å². The highest BCUT2D eigenvalue weighted by Crippen LogP contribution is 2.51. The molecule has 0 aliphatic rings. The molecule has 0 amide bonds. The normalized spacial score (nSPS) is 11.8. The molecule has 0 N–H and O–H groups in total. The van der Waals surface area contributed by atoms with E-state index in [1.165, 1.54) is 9.13 Å². The van der Waals surface area contributed by atoms with Gasteiger partial charge in [-0.15, -0.1) is 0 Å². The first kappa shape index (κ1) is 16.9. The van der Waals surface area contributed by atoms with E-state index in [1.54, 1.807) is 0 Å². The number of hydrogen-bond donors (Lipinski definition) is 0. The van der Waals surface area contributed by atoms with E-state index in [1.807, 2.05) is 13.8 Å². The summed E-state index contributed by atoms with van der Waals surface area (Å²) in [6, 6.07) is 4.16. The number of hydrogen-bond acceptors (Lipinski definition) is 3. The minimum Gasteiger partial charge on any atom is -0.309 e. The van der Waals surface area contributed by atoms with Crippen LogP contribution in [0.15, 0.2) is 12.1 Å².